The molecule has 1 aliphatic heterocycles. The molecule has 100 valence electrons. The van der Waals surface area contributed by atoms with Crippen molar-refractivity contribution >= 4 is 5.91 Å². The number of rotatable bonds is 4. The van der Waals surface area contributed by atoms with Crippen molar-refractivity contribution in [3.05, 3.63) is 12.4 Å². The van der Waals surface area contributed by atoms with Gasteiger partial charge in [-0.15, -0.1) is 5.10 Å². The molecule has 1 fully saturated rings. The van der Waals surface area contributed by atoms with Crippen LogP contribution in [0.5, 0.6) is 0 Å². The molecule has 0 bridgehead atoms. The summed E-state index contributed by atoms with van der Waals surface area (Å²) in [7, 11) is 0. The molecule has 18 heavy (non-hydrogen) atoms. The molecule has 0 spiro atoms. The van der Waals surface area contributed by atoms with Crippen LogP contribution < -0.4 is 5.73 Å². The quantitative estimate of drug-likeness (QED) is 0.762. The van der Waals surface area contributed by atoms with E-state index in [1.165, 1.54) is 0 Å². The van der Waals surface area contributed by atoms with Gasteiger partial charge in [-0.3, -0.25) is 9.48 Å². The zero-order valence-electron chi connectivity index (χ0n) is 10.5. The van der Waals surface area contributed by atoms with Gasteiger partial charge in [0.25, 0.3) is 0 Å². The van der Waals surface area contributed by atoms with Gasteiger partial charge in [-0.1, -0.05) is 5.21 Å². The van der Waals surface area contributed by atoms with Gasteiger partial charge < -0.3 is 15.4 Å². The summed E-state index contributed by atoms with van der Waals surface area (Å²) in [6.07, 6.45) is 3.71. The Bertz CT molecular complexity index is 379. The van der Waals surface area contributed by atoms with Gasteiger partial charge in [-0.05, 0) is 6.92 Å². The number of carbonyl (C=O) groups is 1. The van der Waals surface area contributed by atoms with Crippen molar-refractivity contribution in [2.45, 2.75) is 32.0 Å². The maximum atomic E-state index is 12.0. The topological polar surface area (TPSA) is 86.3 Å². The van der Waals surface area contributed by atoms with Crippen LogP contribution in [0.3, 0.4) is 0 Å². The lowest BCUT2D eigenvalue weighted by Crippen LogP contribution is -2.51. The van der Waals surface area contributed by atoms with Crippen molar-refractivity contribution in [1.29, 1.82) is 0 Å². The normalized spacial score (nSPS) is 21.9. The number of ether oxygens (including phenoxy) is 1. The number of nitrogens with two attached hydrogens (primary N) is 1. The minimum Gasteiger partial charge on any atom is -0.373 e. The Balaban J connectivity index is 1.81. The SMILES string of the molecule is CC(N)C1CN(C(=O)CCn2ccnn2)CCO1. The van der Waals surface area contributed by atoms with Crippen molar-refractivity contribution in [2.24, 2.45) is 5.73 Å². The molecular formula is C11H19N5O2. The molecule has 0 saturated carbocycles. The number of aryl methyl sites for hydroxylation is 1. The first-order valence-electron chi connectivity index (χ1n) is 6.16. The maximum Gasteiger partial charge on any atom is 0.224 e. The van der Waals surface area contributed by atoms with Gasteiger partial charge in [0.2, 0.25) is 5.91 Å². The summed E-state index contributed by atoms with van der Waals surface area (Å²) < 4.78 is 7.18. The van der Waals surface area contributed by atoms with Gasteiger partial charge in [0.15, 0.2) is 0 Å². The predicted octanol–water partition coefficient (Wildman–Crippen LogP) is -0.757. The Morgan fingerprint density at radius 2 is 2.50 bits per heavy atom. The third-order valence-corrected chi connectivity index (χ3v) is 3.06. The van der Waals surface area contributed by atoms with Gasteiger partial charge in [-0.2, -0.15) is 0 Å². The highest BCUT2D eigenvalue weighted by Crippen LogP contribution is 2.09. The van der Waals surface area contributed by atoms with E-state index in [9.17, 15) is 4.79 Å². The van der Waals surface area contributed by atoms with Crippen LogP contribution in [0.25, 0.3) is 0 Å². The number of nitrogens with zero attached hydrogens (tertiary/aromatic N) is 4. The molecular weight excluding hydrogens is 234 g/mol. The van der Waals surface area contributed by atoms with Crippen LogP contribution in [0.4, 0.5) is 0 Å². The van der Waals surface area contributed by atoms with Crippen molar-refractivity contribution in [2.75, 3.05) is 19.7 Å². The highest BCUT2D eigenvalue weighted by atomic mass is 16.5. The van der Waals surface area contributed by atoms with Crippen LogP contribution in [-0.4, -0.2) is 57.6 Å². The number of morpholine rings is 1. The maximum absolute atomic E-state index is 12.0. The molecule has 0 radical (unpaired) electrons. The molecule has 1 aromatic heterocycles. The van der Waals surface area contributed by atoms with E-state index in [0.29, 0.717) is 32.7 Å². The van der Waals surface area contributed by atoms with Crippen molar-refractivity contribution in [3.63, 3.8) is 0 Å². The molecule has 1 aliphatic rings. The summed E-state index contributed by atoms with van der Waals surface area (Å²) >= 11 is 0. The second-order valence-electron chi connectivity index (χ2n) is 4.52. The molecule has 2 rings (SSSR count). The van der Waals surface area contributed by atoms with Crippen molar-refractivity contribution in [1.82, 2.24) is 19.9 Å². The zero-order valence-corrected chi connectivity index (χ0v) is 10.5. The summed E-state index contributed by atoms with van der Waals surface area (Å²) in [4.78, 5) is 13.8. The van der Waals surface area contributed by atoms with Crippen LogP contribution in [0, 0.1) is 0 Å². The summed E-state index contributed by atoms with van der Waals surface area (Å²) in [5.41, 5.74) is 5.80. The van der Waals surface area contributed by atoms with Crippen LogP contribution in [0.15, 0.2) is 12.4 Å². The number of amides is 1. The molecule has 1 aromatic rings. The van der Waals surface area contributed by atoms with E-state index in [1.807, 2.05) is 11.8 Å². The van der Waals surface area contributed by atoms with Crippen LogP contribution in [0.1, 0.15) is 13.3 Å². The van der Waals surface area contributed by atoms with Gasteiger partial charge in [0, 0.05) is 31.7 Å². The first-order valence-corrected chi connectivity index (χ1v) is 6.16. The summed E-state index contributed by atoms with van der Waals surface area (Å²) in [6, 6.07) is -0.0593. The van der Waals surface area contributed by atoms with E-state index in [4.69, 9.17) is 10.5 Å². The standard InChI is InChI=1S/C11H19N5O2/c1-9(12)10-8-15(6-7-18-10)11(17)2-4-16-5-3-13-14-16/h3,5,9-10H,2,4,6-8,12H2,1H3. The highest BCUT2D eigenvalue weighted by Gasteiger charge is 2.26. The average molecular weight is 253 g/mol. The first kappa shape index (κ1) is 13.0. The third kappa shape index (κ3) is 3.27. The summed E-state index contributed by atoms with van der Waals surface area (Å²) in [6.45, 7) is 4.22. The smallest absolute Gasteiger partial charge is 0.224 e. The van der Waals surface area contributed by atoms with E-state index in [0.717, 1.165) is 0 Å². The molecule has 1 amide bonds. The van der Waals surface area contributed by atoms with Crippen LogP contribution >= 0.6 is 0 Å². The summed E-state index contributed by atoms with van der Waals surface area (Å²) in [5.74, 6) is 0.111. The molecule has 2 unspecified atom stereocenters. The van der Waals surface area contributed by atoms with E-state index in [2.05, 4.69) is 10.3 Å². The summed E-state index contributed by atoms with van der Waals surface area (Å²) in [5, 5.41) is 7.53. The number of carbonyl (C=O) groups excluding carboxylic acids is 1. The molecule has 2 N–H and O–H groups in total. The second kappa shape index (κ2) is 5.92. The molecule has 0 aromatic carbocycles. The van der Waals surface area contributed by atoms with Gasteiger partial charge in [-0.25, -0.2) is 0 Å². The van der Waals surface area contributed by atoms with Gasteiger partial charge >= 0.3 is 0 Å². The average Bonchev–Trinajstić information content (AvgIpc) is 2.89. The van der Waals surface area contributed by atoms with Gasteiger partial charge in [0.05, 0.1) is 25.5 Å². The Morgan fingerprint density at radius 3 is 3.17 bits per heavy atom. The Labute approximate surface area is 106 Å². The third-order valence-electron chi connectivity index (χ3n) is 3.06. The first-order chi connectivity index (χ1) is 8.66. The number of aromatic nitrogens is 3. The molecule has 2 atom stereocenters. The minimum atomic E-state index is -0.0610. The van der Waals surface area contributed by atoms with Crippen LogP contribution in [0.2, 0.25) is 0 Å². The monoisotopic (exact) mass is 253 g/mol. The molecule has 2 heterocycles. The fourth-order valence-corrected chi connectivity index (χ4v) is 1.94. The Morgan fingerprint density at radius 1 is 1.67 bits per heavy atom. The lowest BCUT2D eigenvalue weighted by atomic mass is 10.1. The lowest BCUT2D eigenvalue weighted by Gasteiger charge is -2.34. The number of hydrogen-bond acceptors (Lipinski definition) is 5. The minimum absolute atomic E-state index is 0.0593. The highest BCUT2D eigenvalue weighted by molar-refractivity contribution is 5.76. The molecule has 7 heteroatoms. The van der Waals surface area contributed by atoms with Crippen LogP contribution in [-0.2, 0) is 16.1 Å². The van der Waals surface area contributed by atoms with E-state index in [-0.39, 0.29) is 18.1 Å². The Hall–Kier alpha value is -1.47. The Kier molecular flexibility index (Phi) is 4.27. The van der Waals surface area contributed by atoms with E-state index >= 15 is 0 Å². The van der Waals surface area contributed by atoms with E-state index < -0.39 is 0 Å². The largest absolute Gasteiger partial charge is 0.373 e. The fraction of sp³-hybridized carbons (Fsp3) is 0.727. The number of hydrogen-bond donors (Lipinski definition) is 1. The lowest BCUT2D eigenvalue weighted by molar-refractivity contribution is -0.139. The van der Waals surface area contributed by atoms with Crippen molar-refractivity contribution < 1.29 is 9.53 Å². The van der Waals surface area contributed by atoms with Gasteiger partial charge in [0.1, 0.15) is 0 Å². The molecule has 7 nitrogen and oxygen atoms in total. The second-order valence-corrected chi connectivity index (χ2v) is 4.52. The molecule has 1 saturated heterocycles. The predicted molar refractivity (Wildman–Crippen MR) is 64.6 cm³/mol. The van der Waals surface area contributed by atoms with Crippen molar-refractivity contribution in [3.8, 4) is 0 Å². The molecule has 0 aliphatic carbocycles. The zero-order chi connectivity index (χ0) is 13.0. The van der Waals surface area contributed by atoms with E-state index in [1.54, 1.807) is 17.1 Å². The fourth-order valence-electron chi connectivity index (χ4n) is 1.94.